The van der Waals surface area contributed by atoms with Crippen LogP contribution in [0.5, 0.6) is 0 Å². The van der Waals surface area contributed by atoms with E-state index in [2.05, 4.69) is 20.7 Å². The summed E-state index contributed by atoms with van der Waals surface area (Å²) >= 11 is 9.44. The van der Waals surface area contributed by atoms with E-state index in [0.717, 1.165) is 5.33 Å². The number of benzene rings is 1. The zero-order valence-corrected chi connectivity index (χ0v) is 12.7. The van der Waals surface area contributed by atoms with Crippen LogP contribution < -0.4 is 4.90 Å². The maximum absolute atomic E-state index is 11.9. The molecule has 19 heavy (non-hydrogen) atoms. The summed E-state index contributed by atoms with van der Waals surface area (Å²) in [6, 6.07) is 4.92. The highest BCUT2D eigenvalue weighted by atomic mass is 79.9. The van der Waals surface area contributed by atoms with Gasteiger partial charge in [-0.2, -0.15) is 0 Å². The van der Waals surface area contributed by atoms with Crippen molar-refractivity contribution in [2.24, 2.45) is 5.92 Å². The Labute approximate surface area is 124 Å². The quantitative estimate of drug-likeness (QED) is 0.624. The Balaban J connectivity index is 2.25. The third-order valence-corrected chi connectivity index (χ3v) is 4.32. The molecule has 1 unspecified atom stereocenters. The Morgan fingerprint density at radius 3 is 2.84 bits per heavy atom. The van der Waals surface area contributed by atoms with Crippen LogP contribution in [0.4, 0.5) is 5.69 Å². The van der Waals surface area contributed by atoms with E-state index in [9.17, 15) is 9.59 Å². The van der Waals surface area contributed by atoms with Crippen LogP contribution in [0.3, 0.4) is 0 Å². The topological polar surface area (TPSA) is 46.6 Å². The van der Waals surface area contributed by atoms with Crippen molar-refractivity contribution in [2.75, 3.05) is 23.9 Å². The third-order valence-electron chi connectivity index (χ3n) is 3.09. The minimum absolute atomic E-state index is 0.0753. The summed E-state index contributed by atoms with van der Waals surface area (Å²) in [4.78, 5) is 25.0. The van der Waals surface area contributed by atoms with Crippen LogP contribution in [-0.4, -0.2) is 30.9 Å². The monoisotopic (exact) mass is 345 g/mol. The zero-order valence-electron chi connectivity index (χ0n) is 10.4. The van der Waals surface area contributed by atoms with Gasteiger partial charge in [0.25, 0.3) is 0 Å². The molecule has 1 saturated heterocycles. The van der Waals surface area contributed by atoms with E-state index in [4.69, 9.17) is 11.6 Å². The molecule has 1 aromatic carbocycles. The molecule has 1 aromatic rings. The molecule has 1 aliphatic heterocycles. The Bertz CT molecular complexity index is 521. The zero-order chi connectivity index (χ0) is 14.0. The Hall–Kier alpha value is -1.07. The number of nitrogens with zero attached hydrogens (tertiary/aromatic N) is 1. The highest BCUT2D eigenvalue weighted by Gasteiger charge is 2.30. The van der Waals surface area contributed by atoms with Crippen LogP contribution in [0.15, 0.2) is 18.2 Å². The van der Waals surface area contributed by atoms with Crippen LogP contribution in [0.1, 0.15) is 16.8 Å². The number of methoxy groups -OCH3 is 1. The lowest BCUT2D eigenvalue weighted by Crippen LogP contribution is -2.24. The molecule has 0 spiro atoms. The van der Waals surface area contributed by atoms with Crippen LogP contribution in [-0.2, 0) is 9.53 Å². The number of halogens is 2. The van der Waals surface area contributed by atoms with Crippen molar-refractivity contribution in [1.29, 1.82) is 0 Å². The summed E-state index contributed by atoms with van der Waals surface area (Å²) in [6.45, 7) is 0.665. The van der Waals surface area contributed by atoms with Crippen molar-refractivity contribution in [3.05, 3.63) is 28.8 Å². The second kappa shape index (κ2) is 5.92. The van der Waals surface area contributed by atoms with Gasteiger partial charge in [-0.15, -0.1) is 0 Å². The molecule has 2 rings (SSSR count). The van der Waals surface area contributed by atoms with Gasteiger partial charge in [0, 0.05) is 24.0 Å². The maximum atomic E-state index is 11.9. The van der Waals surface area contributed by atoms with Crippen molar-refractivity contribution in [1.82, 2.24) is 0 Å². The lowest BCUT2D eigenvalue weighted by Gasteiger charge is -2.17. The molecule has 0 saturated carbocycles. The predicted molar refractivity (Wildman–Crippen MR) is 77.0 cm³/mol. The van der Waals surface area contributed by atoms with Crippen LogP contribution in [0.25, 0.3) is 0 Å². The fourth-order valence-corrected chi connectivity index (χ4v) is 2.77. The number of amides is 1. The van der Waals surface area contributed by atoms with E-state index < -0.39 is 5.97 Å². The standard InChI is InChI=1S/C13H13BrClNO3/c1-19-13(18)10-3-2-9(5-11(10)15)16-7-8(6-14)4-12(16)17/h2-3,5,8H,4,6-7H2,1H3. The molecule has 0 aliphatic carbocycles. The average molecular weight is 347 g/mol. The maximum Gasteiger partial charge on any atom is 0.339 e. The van der Waals surface area contributed by atoms with Crippen molar-refractivity contribution < 1.29 is 14.3 Å². The number of anilines is 1. The van der Waals surface area contributed by atoms with Gasteiger partial charge in [0.15, 0.2) is 0 Å². The molecule has 1 heterocycles. The Morgan fingerprint density at radius 1 is 1.58 bits per heavy atom. The van der Waals surface area contributed by atoms with E-state index in [1.165, 1.54) is 7.11 Å². The molecule has 4 nitrogen and oxygen atoms in total. The van der Waals surface area contributed by atoms with Crippen molar-refractivity contribution >= 4 is 45.1 Å². The number of hydrogen-bond donors (Lipinski definition) is 0. The Kier molecular flexibility index (Phi) is 4.47. The molecule has 1 fully saturated rings. The summed E-state index contributed by atoms with van der Waals surface area (Å²) in [7, 11) is 1.30. The van der Waals surface area contributed by atoms with Gasteiger partial charge >= 0.3 is 5.97 Å². The minimum atomic E-state index is -0.484. The van der Waals surface area contributed by atoms with Crippen LogP contribution in [0.2, 0.25) is 5.02 Å². The highest BCUT2D eigenvalue weighted by molar-refractivity contribution is 9.09. The SMILES string of the molecule is COC(=O)c1ccc(N2CC(CBr)CC2=O)cc1Cl. The predicted octanol–water partition coefficient (Wildman–Crippen LogP) is 2.87. The number of hydrogen-bond acceptors (Lipinski definition) is 3. The minimum Gasteiger partial charge on any atom is -0.465 e. The number of esters is 1. The van der Waals surface area contributed by atoms with Crippen molar-refractivity contribution in [2.45, 2.75) is 6.42 Å². The van der Waals surface area contributed by atoms with E-state index in [1.807, 2.05) is 0 Å². The first-order valence-electron chi connectivity index (χ1n) is 5.81. The lowest BCUT2D eigenvalue weighted by atomic mass is 10.1. The van der Waals surface area contributed by atoms with Gasteiger partial charge < -0.3 is 9.64 Å². The summed E-state index contributed by atoms with van der Waals surface area (Å²) in [5.74, 6) is -0.0967. The molecular weight excluding hydrogens is 334 g/mol. The first kappa shape index (κ1) is 14.3. The van der Waals surface area contributed by atoms with Crippen LogP contribution >= 0.6 is 27.5 Å². The molecule has 0 bridgehead atoms. The largest absolute Gasteiger partial charge is 0.465 e. The van der Waals surface area contributed by atoms with Gasteiger partial charge in [-0.1, -0.05) is 27.5 Å². The van der Waals surface area contributed by atoms with Crippen molar-refractivity contribution in [3.63, 3.8) is 0 Å². The van der Waals surface area contributed by atoms with Gasteiger partial charge in [-0.25, -0.2) is 4.79 Å². The lowest BCUT2D eigenvalue weighted by molar-refractivity contribution is -0.117. The molecule has 0 N–H and O–H groups in total. The number of ether oxygens (including phenoxy) is 1. The van der Waals surface area contributed by atoms with Gasteiger partial charge in [-0.05, 0) is 24.1 Å². The molecule has 0 radical (unpaired) electrons. The fourth-order valence-electron chi connectivity index (χ4n) is 2.08. The molecule has 0 aromatic heterocycles. The highest BCUT2D eigenvalue weighted by Crippen LogP contribution is 2.29. The van der Waals surface area contributed by atoms with Gasteiger partial charge in [0.05, 0.1) is 17.7 Å². The first-order valence-corrected chi connectivity index (χ1v) is 7.31. The molecule has 1 atom stereocenters. The fraction of sp³-hybridized carbons (Fsp3) is 0.385. The number of carbonyl (C=O) groups excluding carboxylic acids is 2. The van der Waals surface area contributed by atoms with Crippen molar-refractivity contribution in [3.8, 4) is 0 Å². The first-order chi connectivity index (χ1) is 9.06. The number of rotatable bonds is 3. The second-order valence-corrected chi connectivity index (χ2v) is 5.44. The molecular formula is C13H13BrClNO3. The number of carbonyl (C=O) groups is 2. The molecule has 6 heteroatoms. The van der Waals surface area contributed by atoms with E-state index in [0.29, 0.717) is 35.2 Å². The van der Waals surface area contributed by atoms with Gasteiger partial charge in [0.2, 0.25) is 5.91 Å². The molecule has 1 amide bonds. The summed E-state index contributed by atoms with van der Waals surface area (Å²) in [5.41, 5.74) is 1.02. The van der Waals surface area contributed by atoms with E-state index in [1.54, 1.807) is 23.1 Å². The van der Waals surface area contributed by atoms with E-state index >= 15 is 0 Å². The molecule has 1 aliphatic rings. The Morgan fingerprint density at radius 2 is 2.32 bits per heavy atom. The summed E-state index contributed by atoms with van der Waals surface area (Å²) < 4.78 is 4.63. The second-order valence-electron chi connectivity index (χ2n) is 4.38. The van der Waals surface area contributed by atoms with Gasteiger partial charge in [0.1, 0.15) is 0 Å². The summed E-state index contributed by atoms with van der Waals surface area (Å²) in [6.07, 6.45) is 0.529. The number of alkyl halides is 1. The molecule has 102 valence electrons. The van der Waals surface area contributed by atoms with Crippen LogP contribution in [0, 0.1) is 5.92 Å². The van der Waals surface area contributed by atoms with Gasteiger partial charge in [-0.3, -0.25) is 4.79 Å². The summed E-state index contributed by atoms with van der Waals surface area (Å²) in [5, 5.41) is 1.09. The van der Waals surface area contributed by atoms with E-state index in [-0.39, 0.29) is 5.91 Å². The average Bonchev–Trinajstić information content (AvgIpc) is 2.79. The normalized spacial score (nSPS) is 18.8. The smallest absolute Gasteiger partial charge is 0.339 e. The third kappa shape index (κ3) is 2.92.